The number of hydrogen-bond acceptors (Lipinski definition) is 4. The van der Waals surface area contributed by atoms with Crippen LogP contribution < -0.4 is 5.32 Å². The van der Waals surface area contributed by atoms with E-state index < -0.39 is 0 Å². The number of ether oxygens (including phenoxy) is 1. The third kappa shape index (κ3) is 3.96. The van der Waals surface area contributed by atoms with Gasteiger partial charge in [0.15, 0.2) is 0 Å². The summed E-state index contributed by atoms with van der Waals surface area (Å²) in [4.78, 5) is 26.4. The molecule has 5 heteroatoms. The molecule has 0 aliphatic heterocycles. The van der Waals surface area contributed by atoms with Crippen LogP contribution in [0.3, 0.4) is 0 Å². The minimum atomic E-state index is -0.383. The highest BCUT2D eigenvalue weighted by Gasteiger charge is 2.29. The number of nitrogens with one attached hydrogen (secondary N) is 1. The van der Waals surface area contributed by atoms with Crippen LogP contribution in [-0.4, -0.2) is 19.0 Å². The van der Waals surface area contributed by atoms with Gasteiger partial charge in [0.1, 0.15) is 5.00 Å². The standard InChI is InChI=1S/C24H23NO3S/c1-15-8-13-19-20(14-15)29-23(21(19)24(27)28-2)25-22(26)18-11-9-17(10-12-18)16-6-4-3-5-7-16/h3-7,9-12,15H,8,13-14H2,1-2H3,(H,25,26). The van der Waals surface area contributed by atoms with E-state index in [-0.39, 0.29) is 11.9 Å². The molecule has 1 aliphatic carbocycles. The van der Waals surface area contributed by atoms with Gasteiger partial charge in [0.05, 0.1) is 12.7 Å². The Morgan fingerprint density at radius 3 is 2.41 bits per heavy atom. The topological polar surface area (TPSA) is 55.4 Å². The maximum atomic E-state index is 12.8. The van der Waals surface area contributed by atoms with Crippen LogP contribution >= 0.6 is 11.3 Å². The zero-order chi connectivity index (χ0) is 20.4. The average Bonchev–Trinajstić information content (AvgIpc) is 3.10. The minimum Gasteiger partial charge on any atom is -0.465 e. The number of carbonyl (C=O) groups is 2. The van der Waals surface area contributed by atoms with Crippen molar-refractivity contribution in [2.45, 2.75) is 26.2 Å². The number of anilines is 1. The maximum absolute atomic E-state index is 12.8. The molecule has 3 aromatic rings. The average molecular weight is 406 g/mol. The highest BCUT2D eigenvalue weighted by atomic mass is 32.1. The van der Waals surface area contributed by atoms with Gasteiger partial charge in [0, 0.05) is 10.4 Å². The third-order valence-electron chi connectivity index (χ3n) is 5.38. The van der Waals surface area contributed by atoms with E-state index in [4.69, 9.17) is 4.74 Å². The lowest BCUT2D eigenvalue weighted by Gasteiger charge is -2.18. The van der Waals surface area contributed by atoms with Crippen LogP contribution in [-0.2, 0) is 17.6 Å². The van der Waals surface area contributed by atoms with Crippen LogP contribution in [0.15, 0.2) is 54.6 Å². The molecule has 148 valence electrons. The first-order valence-electron chi connectivity index (χ1n) is 9.76. The largest absolute Gasteiger partial charge is 0.465 e. The molecular formula is C24H23NO3S. The van der Waals surface area contributed by atoms with Crippen LogP contribution in [0.5, 0.6) is 0 Å². The summed E-state index contributed by atoms with van der Waals surface area (Å²) in [5.41, 5.74) is 4.27. The van der Waals surface area contributed by atoms with Crippen molar-refractivity contribution in [1.29, 1.82) is 0 Å². The molecule has 0 radical (unpaired) electrons. The fourth-order valence-electron chi connectivity index (χ4n) is 3.78. The van der Waals surface area contributed by atoms with E-state index in [0.29, 0.717) is 22.0 Å². The first-order chi connectivity index (χ1) is 14.1. The summed E-state index contributed by atoms with van der Waals surface area (Å²) in [5, 5.41) is 3.54. The zero-order valence-electron chi connectivity index (χ0n) is 16.5. The normalized spacial score (nSPS) is 15.4. The predicted molar refractivity (Wildman–Crippen MR) is 117 cm³/mol. The Kier molecular flexibility index (Phi) is 5.49. The van der Waals surface area contributed by atoms with Gasteiger partial charge < -0.3 is 10.1 Å². The second-order valence-electron chi connectivity index (χ2n) is 7.44. The number of carbonyl (C=O) groups excluding carboxylic acids is 2. The molecule has 4 rings (SSSR count). The summed E-state index contributed by atoms with van der Waals surface area (Å²) in [5.74, 6) is -0.0195. The molecule has 29 heavy (non-hydrogen) atoms. The van der Waals surface area contributed by atoms with Gasteiger partial charge in [0.25, 0.3) is 5.91 Å². The van der Waals surface area contributed by atoms with E-state index in [2.05, 4.69) is 12.2 Å². The Hall–Kier alpha value is -2.92. The number of methoxy groups -OCH3 is 1. The Labute approximate surface area is 174 Å². The smallest absolute Gasteiger partial charge is 0.341 e. The van der Waals surface area contributed by atoms with E-state index in [1.807, 2.05) is 54.6 Å². The number of amides is 1. The fourth-order valence-corrected chi connectivity index (χ4v) is 5.17. The molecule has 1 heterocycles. The first-order valence-corrected chi connectivity index (χ1v) is 10.6. The van der Waals surface area contributed by atoms with E-state index in [0.717, 1.165) is 36.0 Å². The summed E-state index contributed by atoms with van der Waals surface area (Å²) in [7, 11) is 1.38. The molecular weight excluding hydrogens is 382 g/mol. The van der Waals surface area contributed by atoms with Gasteiger partial charge in [-0.15, -0.1) is 11.3 Å². The van der Waals surface area contributed by atoms with Crippen LogP contribution in [0.25, 0.3) is 11.1 Å². The summed E-state index contributed by atoms with van der Waals surface area (Å²) in [6, 6.07) is 17.5. The molecule has 1 aromatic heterocycles. The maximum Gasteiger partial charge on any atom is 0.341 e. The molecule has 4 nitrogen and oxygen atoms in total. The van der Waals surface area contributed by atoms with Crippen LogP contribution in [0.4, 0.5) is 5.00 Å². The van der Waals surface area contributed by atoms with Gasteiger partial charge in [-0.25, -0.2) is 4.79 Å². The molecule has 1 amide bonds. The molecule has 1 aliphatic rings. The van der Waals surface area contributed by atoms with Crippen LogP contribution in [0.2, 0.25) is 0 Å². The van der Waals surface area contributed by atoms with Gasteiger partial charge in [0.2, 0.25) is 0 Å². The van der Waals surface area contributed by atoms with Crippen LogP contribution in [0, 0.1) is 5.92 Å². The second-order valence-corrected chi connectivity index (χ2v) is 8.55. The van der Waals surface area contributed by atoms with Gasteiger partial charge in [-0.05, 0) is 54.0 Å². The molecule has 1 N–H and O–H groups in total. The predicted octanol–water partition coefficient (Wildman–Crippen LogP) is 5.58. The van der Waals surface area contributed by atoms with Gasteiger partial charge in [-0.3, -0.25) is 4.79 Å². The van der Waals surface area contributed by atoms with Gasteiger partial charge in [-0.2, -0.15) is 0 Å². The molecule has 1 atom stereocenters. The summed E-state index contributed by atoms with van der Waals surface area (Å²) < 4.78 is 5.00. The summed E-state index contributed by atoms with van der Waals surface area (Å²) in [6.07, 6.45) is 2.83. The molecule has 0 saturated heterocycles. The summed E-state index contributed by atoms with van der Waals surface area (Å²) in [6.45, 7) is 2.22. The highest BCUT2D eigenvalue weighted by molar-refractivity contribution is 7.17. The van der Waals surface area contributed by atoms with E-state index in [9.17, 15) is 9.59 Å². The first kappa shape index (κ1) is 19.4. The van der Waals surface area contributed by atoms with Crippen molar-refractivity contribution in [2.75, 3.05) is 12.4 Å². The van der Waals surface area contributed by atoms with Gasteiger partial charge >= 0.3 is 5.97 Å². The van der Waals surface area contributed by atoms with Gasteiger partial charge in [-0.1, -0.05) is 49.4 Å². The van der Waals surface area contributed by atoms with E-state index in [1.54, 1.807) is 0 Å². The highest BCUT2D eigenvalue weighted by Crippen LogP contribution is 2.40. The van der Waals surface area contributed by atoms with Crippen LogP contribution in [0.1, 0.15) is 44.5 Å². The minimum absolute atomic E-state index is 0.221. The number of thiophene rings is 1. The molecule has 0 bridgehead atoms. The monoisotopic (exact) mass is 405 g/mol. The lowest BCUT2D eigenvalue weighted by atomic mass is 9.88. The zero-order valence-corrected chi connectivity index (χ0v) is 17.3. The van der Waals surface area contributed by atoms with Crippen molar-refractivity contribution < 1.29 is 14.3 Å². The van der Waals surface area contributed by atoms with E-state index in [1.165, 1.54) is 23.3 Å². The fraction of sp³-hybridized carbons (Fsp3) is 0.250. The molecule has 0 saturated carbocycles. The summed E-state index contributed by atoms with van der Waals surface area (Å²) >= 11 is 1.50. The Morgan fingerprint density at radius 2 is 1.72 bits per heavy atom. The molecule has 0 fully saturated rings. The Bertz CT molecular complexity index is 1040. The lowest BCUT2D eigenvalue weighted by Crippen LogP contribution is -2.16. The van der Waals surface area contributed by atoms with Crippen molar-refractivity contribution in [2.24, 2.45) is 5.92 Å². The Morgan fingerprint density at radius 1 is 1.03 bits per heavy atom. The molecule has 0 spiro atoms. The number of fused-ring (bicyclic) bond motifs is 1. The number of rotatable bonds is 4. The van der Waals surface area contributed by atoms with Crippen molar-refractivity contribution in [1.82, 2.24) is 0 Å². The number of hydrogen-bond donors (Lipinski definition) is 1. The lowest BCUT2D eigenvalue weighted by molar-refractivity contribution is 0.0601. The van der Waals surface area contributed by atoms with Crippen molar-refractivity contribution >= 4 is 28.2 Å². The third-order valence-corrected chi connectivity index (χ3v) is 6.55. The number of esters is 1. The Balaban J connectivity index is 1.59. The van der Waals surface area contributed by atoms with Crippen molar-refractivity contribution in [3.05, 3.63) is 76.2 Å². The molecule has 2 aromatic carbocycles. The molecule has 1 unspecified atom stereocenters. The quantitative estimate of drug-likeness (QED) is 0.577. The van der Waals surface area contributed by atoms with Crippen molar-refractivity contribution in [3.8, 4) is 11.1 Å². The van der Waals surface area contributed by atoms with E-state index >= 15 is 0 Å². The van der Waals surface area contributed by atoms with Crippen molar-refractivity contribution in [3.63, 3.8) is 0 Å². The second kappa shape index (κ2) is 8.21. The SMILES string of the molecule is COC(=O)c1c(NC(=O)c2ccc(-c3ccccc3)cc2)sc2c1CCC(C)C2. The number of benzene rings is 2.